The number of nitrogens with zero attached hydrogens (tertiary/aromatic N) is 1. The Balaban J connectivity index is 1.96. The largest absolute Gasteiger partial charge is 0.353 e. The van der Waals surface area contributed by atoms with Crippen LogP contribution in [0.5, 0.6) is 0 Å². The topological polar surface area (TPSA) is 36.1 Å². The van der Waals surface area contributed by atoms with Gasteiger partial charge in [-0.15, -0.1) is 0 Å². The summed E-state index contributed by atoms with van der Waals surface area (Å²) in [7, 11) is 0. The summed E-state index contributed by atoms with van der Waals surface area (Å²) in [5, 5.41) is 0. The molecule has 1 amide bonds. The van der Waals surface area contributed by atoms with Crippen LogP contribution in [0.25, 0.3) is 0 Å². The van der Waals surface area contributed by atoms with E-state index < -0.39 is 0 Å². The molecule has 0 atom stereocenters. The SMILES string of the molecule is CC(=O)N1CCC(c2ccc(Br)[nH]2)CC1. The van der Waals surface area contributed by atoms with Gasteiger partial charge in [-0.3, -0.25) is 4.79 Å². The van der Waals surface area contributed by atoms with E-state index in [4.69, 9.17) is 0 Å². The van der Waals surface area contributed by atoms with Gasteiger partial charge in [-0.2, -0.15) is 0 Å². The van der Waals surface area contributed by atoms with Crippen LogP contribution in [-0.2, 0) is 4.79 Å². The minimum atomic E-state index is 0.195. The number of hydrogen-bond acceptors (Lipinski definition) is 1. The predicted molar refractivity (Wildman–Crippen MR) is 62.7 cm³/mol. The van der Waals surface area contributed by atoms with Crippen molar-refractivity contribution in [3.05, 3.63) is 22.4 Å². The zero-order chi connectivity index (χ0) is 10.8. The number of aromatic amines is 1. The highest BCUT2D eigenvalue weighted by atomic mass is 79.9. The Morgan fingerprint density at radius 1 is 1.47 bits per heavy atom. The number of rotatable bonds is 1. The van der Waals surface area contributed by atoms with Crippen molar-refractivity contribution >= 4 is 21.8 Å². The summed E-state index contributed by atoms with van der Waals surface area (Å²) in [5.74, 6) is 0.771. The van der Waals surface area contributed by atoms with Gasteiger partial charge in [0.05, 0.1) is 4.60 Å². The fraction of sp³-hybridized carbons (Fsp3) is 0.545. The van der Waals surface area contributed by atoms with Crippen LogP contribution in [0.3, 0.4) is 0 Å². The smallest absolute Gasteiger partial charge is 0.219 e. The molecule has 1 N–H and O–H groups in total. The molecule has 1 fully saturated rings. The summed E-state index contributed by atoms with van der Waals surface area (Å²) < 4.78 is 1.03. The van der Waals surface area contributed by atoms with Crippen LogP contribution in [0.4, 0.5) is 0 Å². The lowest BCUT2D eigenvalue weighted by molar-refractivity contribution is -0.129. The molecule has 3 nitrogen and oxygen atoms in total. The van der Waals surface area contributed by atoms with E-state index in [1.807, 2.05) is 11.0 Å². The summed E-state index contributed by atoms with van der Waals surface area (Å²) in [5.41, 5.74) is 1.28. The molecule has 0 bridgehead atoms. The fourth-order valence-electron chi connectivity index (χ4n) is 2.13. The lowest BCUT2D eigenvalue weighted by Crippen LogP contribution is -2.36. The Morgan fingerprint density at radius 3 is 2.60 bits per heavy atom. The van der Waals surface area contributed by atoms with Crippen molar-refractivity contribution in [2.45, 2.75) is 25.7 Å². The Morgan fingerprint density at radius 2 is 2.13 bits per heavy atom. The Hall–Kier alpha value is -0.770. The molecular formula is C11H15BrN2O. The molecule has 1 aliphatic rings. The highest BCUT2D eigenvalue weighted by Gasteiger charge is 2.22. The number of hydrogen-bond donors (Lipinski definition) is 1. The van der Waals surface area contributed by atoms with Crippen molar-refractivity contribution in [1.82, 2.24) is 9.88 Å². The quantitative estimate of drug-likeness (QED) is 0.837. The number of piperidine rings is 1. The zero-order valence-electron chi connectivity index (χ0n) is 8.79. The average Bonchev–Trinajstić information content (AvgIpc) is 2.65. The molecule has 1 aliphatic heterocycles. The number of halogens is 1. The minimum Gasteiger partial charge on any atom is -0.353 e. The lowest BCUT2D eigenvalue weighted by atomic mass is 9.94. The third kappa shape index (κ3) is 2.43. The van der Waals surface area contributed by atoms with Gasteiger partial charge < -0.3 is 9.88 Å². The minimum absolute atomic E-state index is 0.195. The van der Waals surface area contributed by atoms with Gasteiger partial charge in [0.2, 0.25) is 5.91 Å². The monoisotopic (exact) mass is 270 g/mol. The second-order valence-corrected chi connectivity index (χ2v) is 4.90. The standard InChI is InChI=1S/C11H15BrN2O/c1-8(15)14-6-4-9(5-7-14)10-2-3-11(12)13-10/h2-3,9,13H,4-7H2,1H3. The van der Waals surface area contributed by atoms with E-state index in [9.17, 15) is 4.79 Å². The molecule has 1 saturated heterocycles. The molecule has 82 valence electrons. The molecular weight excluding hydrogens is 256 g/mol. The molecule has 0 saturated carbocycles. The third-order valence-corrected chi connectivity index (χ3v) is 3.52. The first-order valence-electron chi connectivity index (χ1n) is 5.27. The van der Waals surface area contributed by atoms with Gasteiger partial charge in [0.25, 0.3) is 0 Å². The molecule has 1 aromatic rings. The van der Waals surface area contributed by atoms with Crippen LogP contribution in [0.1, 0.15) is 31.4 Å². The van der Waals surface area contributed by atoms with Crippen molar-refractivity contribution in [2.24, 2.45) is 0 Å². The van der Waals surface area contributed by atoms with Gasteiger partial charge >= 0.3 is 0 Å². The van der Waals surface area contributed by atoms with E-state index in [0.717, 1.165) is 30.5 Å². The van der Waals surface area contributed by atoms with Crippen LogP contribution >= 0.6 is 15.9 Å². The van der Waals surface area contributed by atoms with Gasteiger partial charge in [0, 0.05) is 31.6 Å². The zero-order valence-corrected chi connectivity index (χ0v) is 10.4. The molecule has 0 unspecified atom stereocenters. The first kappa shape index (κ1) is 10.7. The molecule has 0 aliphatic carbocycles. The molecule has 2 heterocycles. The number of amides is 1. The van der Waals surface area contributed by atoms with Gasteiger partial charge in [-0.25, -0.2) is 0 Å². The summed E-state index contributed by atoms with van der Waals surface area (Å²) in [6.45, 7) is 3.42. The second-order valence-electron chi connectivity index (χ2n) is 4.04. The Bertz CT molecular complexity index is 353. The number of nitrogens with one attached hydrogen (secondary N) is 1. The molecule has 0 aromatic carbocycles. The summed E-state index contributed by atoms with van der Waals surface area (Å²) in [4.78, 5) is 16.4. The number of likely N-dealkylation sites (tertiary alicyclic amines) is 1. The first-order chi connectivity index (χ1) is 7.16. The van der Waals surface area contributed by atoms with E-state index in [1.54, 1.807) is 6.92 Å². The Kier molecular flexibility index (Phi) is 3.14. The van der Waals surface area contributed by atoms with E-state index in [1.165, 1.54) is 5.69 Å². The van der Waals surface area contributed by atoms with Crippen LogP contribution in [0.15, 0.2) is 16.7 Å². The molecule has 0 spiro atoms. The molecule has 4 heteroatoms. The van der Waals surface area contributed by atoms with Gasteiger partial charge in [0.1, 0.15) is 0 Å². The van der Waals surface area contributed by atoms with E-state index >= 15 is 0 Å². The molecule has 0 radical (unpaired) electrons. The van der Waals surface area contributed by atoms with E-state index in [-0.39, 0.29) is 5.91 Å². The number of carbonyl (C=O) groups excluding carboxylic acids is 1. The molecule has 15 heavy (non-hydrogen) atoms. The first-order valence-corrected chi connectivity index (χ1v) is 6.06. The van der Waals surface area contributed by atoms with E-state index in [2.05, 4.69) is 27.0 Å². The van der Waals surface area contributed by atoms with Crippen molar-refractivity contribution in [3.8, 4) is 0 Å². The number of aromatic nitrogens is 1. The predicted octanol–water partition coefficient (Wildman–Crippen LogP) is 2.50. The van der Waals surface area contributed by atoms with Gasteiger partial charge in [-0.1, -0.05) is 0 Å². The van der Waals surface area contributed by atoms with Gasteiger partial charge in [0.15, 0.2) is 0 Å². The maximum atomic E-state index is 11.2. The molecule has 1 aromatic heterocycles. The van der Waals surface area contributed by atoms with Crippen molar-refractivity contribution in [2.75, 3.05) is 13.1 Å². The average molecular weight is 271 g/mol. The van der Waals surface area contributed by atoms with Crippen LogP contribution in [0.2, 0.25) is 0 Å². The lowest BCUT2D eigenvalue weighted by Gasteiger charge is -2.30. The van der Waals surface area contributed by atoms with E-state index in [0.29, 0.717) is 5.92 Å². The maximum absolute atomic E-state index is 11.2. The second kappa shape index (κ2) is 4.39. The maximum Gasteiger partial charge on any atom is 0.219 e. The normalized spacial score (nSPS) is 18.1. The van der Waals surface area contributed by atoms with Crippen LogP contribution < -0.4 is 0 Å². The van der Waals surface area contributed by atoms with Crippen molar-refractivity contribution in [3.63, 3.8) is 0 Å². The third-order valence-electron chi connectivity index (χ3n) is 3.05. The van der Waals surface area contributed by atoms with Crippen LogP contribution in [0, 0.1) is 0 Å². The molecule has 2 rings (SSSR count). The summed E-state index contributed by atoms with van der Waals surface area (Å²) >= 11 is 3.41. The highest BCUT2D eigenvalue weighted by molar-refractivity contribution is 9.10. The summed E-state index contributed by atoms with van der Waals surface area (Å²) in [6.07, 6.45) is 2.12. The van der Waals surface area contributed by atoms with Gasteiger partial charge in [-0.05, 0) is 40.9 Å². The van der Waals surface area contributed by atoms with Crippen LogP contribution in [-0.4, -0.2) is 28.9 Å². The highest BCUT2D eigenvalue weighted by Crippen LogP contribution is 2.28. The van der Waals surface area contributed by atoms with Crippen molar-refractivity contribution in [1.29, 1.82) is 0 Å². The number of H-pyrrole nitrogens is 1. The Labute approximate surface area is 98.0 Å². The number of carbonyl (C=O) groups is 1. The van der Waals surface area contributed by atoms with Crippen molar-refractivity contribution < 1.29 is 4.79 Å². The summed E-state index contributed by atoms with van der Waals surface area (Å²) in [6, 6.07) is 4.16. The fourth-order valence-corrected chi connectivity index (χ4v) is 2.49.